The third kappa shape index (κ3) is 1.41. The van der Waals surface area contributed by atoms with Crippen LogP contribution in [-0.2, 0) is 0 Å². The zero-order valence-electron chi connectivity index (χ0n) is 7.14. The van der Waals surface area contributed by atoms with Crippen molar-refractivity contribution in [2.45, 2.75) is 19.0 Å². The number of hydrogen-bond acceptors (Lipinski definition) is 3. The van der Waals surface area contributed by atoms with Gasteiger partial charge >= 0.3 is 0 Å². The molecular weight excluding hydrogens is 138 g/mol. The molecular formula is C8H17N3. The molecule has 2 aliphatic heterocycles. The van der Waals surface area contributed by atoms with Gasteiger partial charge in [0, 0.05) is 44.8 Å². The highest BCUT2D eigenvalue weighted by Gasteiger charge is 2.28. The minimum absolute atomic E-state index is 0.732. The van der Waals surface area contributed by atoms with Crippen molar-refractivity contribution in [2.24, 2.45) is 0 Å². The molecule has 0 spiro atoms. The summed E-state index contributed by atoms with van der Waals surface area (Å²) in [6, 6.07) is 1.48. The largest absolute Gasteiger partial charge is 0.314 e. The Bertz CT molecular complexity index is 135. The van der Waals surface area contributed by atoms with Gasteiger partial charge in [-0.1, -0.05) is 0 Å². The van der Waals surface area contributed by atoms with Gasteiger partial charge in [0.05, 0.1) is 0 Å². The molecule has 3 heteroatoms. The zero-order chi connectivity index (χ0) is 7.68. The minimum Gasteiger partial charge on any atom is -0.314 e. The molecule has 2 aliphatic rings. The monoisotopic (exact) mass is 155 g/mol. The molecule has 3 nitrogen and oxygen atoms in total. The molecule has 0 aliphatic carbocycles. The van der Waals surface area contributed by atoms with Crippen molar-refractivity contribution in [1.29, 1.82) is 0 Å². The molecule has 2 fully saturated rings. The van der Waals surface area contributed by atoms with E-state index in [0.29, 0.717) is 0 Å². The number of fused-ring (bicyclic) bond motifs is 1. The lowest BCUT2D eigenvalue weighted by molar-refractivity contribution is 0.0841. The van der Waals surface area contributed by atoms with Crippen molar-refractivity contribution in [3.05, 3.63) is 0 Å². The van der Waals surface area contributed by atoms with Crippen LogP contribution < -0.4 is 10.6 Å². The van der Waals surface area contributed by atoms with Crippen LogP contribution >= 0.6 is 0 Å². The number of hydrogen-bond donors (Lipinski definition) is 2. The summed E-state index contributed by atoms with van der Waals surface area (Å²) in [6.07, 6.45) is 0. The smallest absolute Gasteiger partial charge is 0.0349 e. The first-order chi connectivity index (χ1) is 5.38. The molecule has 0 saturated carbocycles. The predicted octanol–water partition coefficient (Wildman–Crippen LogP) is -0.748. The second-order valence-corrected chi connectivity index (χ2v) is 3.60. The maximum atomic E-state index is 3.45. The molecule has 0 aromatic heterocycles. The summed E-state index contributed by atoms with van der Waals surface area (Å²) in [4.78, 5) is 2.62. The predicted molar refractivity (Wildman–Crippen MR) is 45.7 cm³/mol. The van der Waals surface area contributed by atoms with E-state index in [1.165, 1.54) is 13.1 Å². The molecule has 0 aromatic carbocycles. The van der Waals surface area contributed by atoms with Crippen molar-refractivity contribution in [2.75, 3.05) is 32.7 Å². The Labute approximate surface area is 68.1 Å². The lowest BCUT2D eigenvalue weighted by Crippen LogP contribution is -2.63. The van der Waals surface area contributed by atoms with Crippen LogP contribution in [0, 0.1) is 0 Å². The van der Waals surface area contributed by atoms with Crippen LogP contribution in [0.2, 0.25) is 0 Å². The molecule has 2 saturated heterocycles. The summed E-state index contributed by atoms with van der Waals surface area (Å²) in [5.41, 5.74) is 0. The number of nitrogens with one attached hydrogen (secondary N) is 2. The number of nitrogens with zero attached hydrogens (tertiary/aromatic N) is 1. The van der Waals surface area contributed by atoms with E-state index >= 15 is 0 Å². The van der Waals surface area contributed by atoms with Crippen LogP contribution in [0.15, 0.2) is 0 Å². The van der Waals surface area contributed by atoms with Crippen LogP contribution in [0.25, 0.3) is 0 Å². The highest BCUT2D eigenvalue weighted by Crippen LogP contribution is 2.10. The Morgan fingerprint density at radius 2 is 2.00 bits per heavy atom. The van der Waals surface area contributed by atoms with Gasteiger partial charge in [0.25, 0.3) is 0 Å². The second kappa shape index (κ2) is 3.09. The molecule has 0 radical (unpaired) electrons. The van der Waals surface area contributed by atoms with Crippen LogP contribution in [0.5, 0.6) is 0 Å². The molecule has 0 bridgehead atoms. The van der Waals surface area contributed by atoms with Crippen molar-refractivity contribution < 1.29 is 0 Å². The van der Waals surface area contributed by atoms with E-state index in [0.717, 1.165) is 31.7 Å². The molecule has 0 aromatic rings. The van der Waals surface area contributed by atoms with Crippen LogP contribution in [-0.4, -0.2) is 49.7 Å². The van der Waals surface area contributed by atoms with Gasteiger partial charge in [-0.2, -0.15) is 0 Å². The maximum absolute atomic E-state index is 3.45. The van der Waals surface area contributed by atoms with E-state index in [1.54, 1.807) is 0 Å². The SMILES string of the molecule is CC1CNCC2CNCCN12. The molecule has 11 heavy (non-hydrogen) atoms. The van der Waals surface area contributed by atoms with E-state index in [9.17, 15) is 0 Å². The van der Waals surface area contributed by atoms with Gasteiger partial charge in [-0.25, -0.2) is 0 Å². The van der Waals surface area contributed by atoms with Crippen molar-refractivity contribution in [3.8, 4) is 0 Å². The lowest BCUT2D eigenvalue weighted by Gasteiger charge is -2.44. The van der Waals surface area contributed by atoms with Crippen LogP contribution in [0.3, 0.4) is 0 Å². The molecule has 2 rings (SSSR count). The normalized spacial score (nSPS) is 40.1. The summed E-state index contributed by atoms with van der Waals surface area (Å²) in [5, 5.41) is 6.87. The Morgan fingerprint density at radius 1 is 1.18 bits per heavy atom. The first-order valence-corrected chi connectivity index (χ1v) is 4.55. The van der Waals surface area contributed by atoms with Gasteiger partial charge in [-0.15, -0.1) is 0 Å². The lowest BCUT2D eigenvalue weighted by atomic mass is 10.1. The van der Waals surface area contributed by atoms with E-state index in [-0.39, 0.29) is 0 Å². The standard InChI is InChI=1S/C8H17N3/c1-7-4-10-6-8-5-9-2-3-11(7)8/h7-10H,2-6H2,1H3. The molecule has 64 valence electrons. The fraction of sp³-hybridized carbons (Fsp3) is 1.00. The van der Waals surface area contributed by atoms with Gasteiger partial charge in [0.15, 0.2) is 0 Å². The number of rotatable bonds is 0. The van der Waals surface area contributed by atoms with Crippen LogP contribution in [0.4, 0.5) is 0 Å². The van der Waals surface area contributed by atoms with Gasteiger partial charge in [0.2, 0.25) is 0 Å². The Balaban J connectivity index is 1.99. The van der Waals surface area contributed by atoms with E-state index in [2.05, 4.69) is 22.5 Å². The molecule has 2 heterocycles. The summed E-state index contributed by atoms with van der Waals surface area (Å²) in [5.74, 6) is 0. The molecule has 0 amide bonds. The van der Waals surface area contributed by atoms with Gasteiger partial charge in [-0.05, 0) is 6.92 Å². The molecule has 2 atom stereocenters. The first-order valence-electron chi connectivity index (χ1n) is 4.55. The van der Waals surface area contributed by atoms with E-state index in [1.807, 2.05) is 0 Å². The Morgan fingerprint density at radius 3 is 2.82 bits per heavy atom. The van der Waals surface area contributed by atoms with Gasteiger partial charge in [-0.3, -0.25) is 4.90 Å². The van der Waals surface area contributed by atoms with Gasteiger partial charge < -0.3 is 10.6 Å². The fourth-order valence-corrected chi connectivity index (χ4v) is 2.12. The highest BCUT2D eigenvalue weighted by molar-refractivity contribution is 4.89. The van der Waals surface area contributed by atoms with E-state index in [4.69, 9.17) is 0 Å². The summed E-state index contributed by atoms with van der Waals surface area (Å²) >= 11 is 0. The quantitative estimate of drug-likeness (QED) is 0.482. The van der Waals surface area contributed by atoms with Gasteiger partial charge in [0.1, 0.15) is 0 Å². The molecule has 2 N–H and O–H groups in total. The fourth-order valence-electron chi connectivity index (χ4n) is 2.12. The summed E-state index contributed by atoms with van der Waals surface area (Å²) in [7, 11) is 0. The van der Waals surface area contributed by atoms with Crippen molar-refractivity contribution in [1.82, 2.24) is 15.5 Å². The average molecular weight is 155 g/mol. The minimum atomic E-state index is 0.732. The Hall–Kier alpha value is -0.120. The first kappa shape index (κ1) is 7.53. The second-order valence-electron chi connectivity index (χ2n) is 3.60. The maximum Gasteiger partial charge on any atom is 0.0349 e. The van der Waals surface area contributed by atoms with Crippen molar-refractivity contribution >= 4 is 0 Å². The highest BCUT2D eigenvalue weighted by atomic mass is 15.3. The molecule has 2 unspecified atom stereocenters. The third-order valence-electron chi connectivity index (χ3n) is 2.78. The summed E-state index contributed by atoms with van der Waals surface area (Å²) in [6.45, 7) is 8.20. The third-order valence-corrected chi connectivity index (χ3v) is 2.78. The Kier molecular flexibility index (Phi) is 2.11. The van der Waals surface area contributed by atoms with E-state index < -0.39 is 0 Å². The average Bonchev–Trinajstić information content (AvgIpc) is 2.06. The topological polar surface area (TPSA) is 27.3 Å². The summed E-state index contributed by atoms with van der Waals surface area (Å²) < 4.78 is 0. The number of piperazine rings is 2. The van der Waals surface area contributed by atoms with Crippen molar-refractivity contribution in [3.63, 3.8) is 0 Å². The zero-order valence-corrected chi connectivity index (χ0v) is 7.14. The van der Waals surface area contributed by atoms with Crippen LogP contribution in [0.1, 0.15) is 6.92 Å².